The first-order valence-corrected chi connectivity index (χ1v) is 11.8. The first kappa shape index (κ1) is 21.9. The van der Waals surface area contributed by atoms with Crippen LogP contribution in [-0.2, 0) is 0 Å². The molecule has 5 rings (SSSR count). The van der Waals surface area contributed by atoms with Crippen LogP contribution in [0, 0.1) is 0 Å². The van der Waals surface area contributed by atoms with Gasteiger partial charge in [0.05, 0.1) is 24.7 Å². The summed E-state index contributed by atoms with van der Waals surface area (Å²) in [5, 5.41) is 13.0. The van der Waals surface area contributed by atoms with E-state index in [0.717, 1.165) is 54.4 Å². The van der Waals surface area contributed by atoms with Gasteiger partial charge >= 0.3 is 0 Å². The van der Waals surface area contributed by atoms with E-state index in [1.807, 2.05) is 48.5 Å². The summed E-state index contributed by atoms with van der Waals surface area (Å²) in [4.78, 5) is 19.8. The predicted molar refractivity (Wildman–Crippen MR) is 135 cm³/mol. The van der Waals surface area contributed by atoms with E-state index in [2.05, 4.69) is 25.6 Å². The van der Waals surface area contributed by atoms with Gasteiger partial charge < -0.3 is 26.0 Å². The lowest BCUT2D eigenvalue weighted by atomic mass is 10.1. The number of piperazine rings is 1. The predicted octanol–water partition coefficient (Wildman–Crippen LogP) is 3.25. The zero-order valence-corrected chi connectivity index (χ0v) is 19.5. The van der Waals surface area contributed by atoms with Gasteiger partial charge in [0.1, 0.15) is 17.3 Å². The molecule has 1 fully saturated rings. The lowest BCUT2D eigenvalue weighted by molar-refractivity contribution is 0.102. The molecule has 0 aliphatic carbocycles. The van der Waals surface area contributed by atoms with Gasteiger partial charge in [-0.1, -0.05) is 24.3 Å². The van der Waals surface area contributed by atoms with E-state index in [9.17, 15) is 4.79 Å². The number of aromatic nitrogens is 3. The number of methoxy groups -OCH3 is 1. The number of hydrogen-bond acceptors (Lipinski definition) is 8. The van der Waals surface area contributed by atoms with E-state index < -0.39 is 0 Å². The number of thiazole rings is 1. The van der Waals surface area contributed by atoms with Gasteiger partial charge in [0.15, 0.2) is 0 Å². The fraction of sp³-hybridized carbons (Fsp3) is 0.208. The number of amides is 1. The number of benzene rings is 2. The van der Waals surface area contributed by atoms with E-state index in [0.29, 0.717) is 16.6 Å². The van der Waals surface area contributed by atoms with Crippen molar-refractivity contribution >= 4 is 34.4 Å². The number of hydrogen-bond donors (Lipinski definition) is 3. The number of nitrogen functional groups attached to an aromatic ring is 1. The molecule has 174 valence electrons. The van der Waals surface area contributed by atoms with Crippen molar-refractivity contribution in [2.24, 2.45) is 0 Å². The van der Waals surface area contributed by atoms with E-state index >= 15 is 0 Å². The Kier molecular flexibility index (Phi) is 6.15. The van der Waals surface area contributed by atoms with E-state index in [-0.39, 0.29) is 5.91 Å². The molecule has 1 aliphatic heterocycles. The topological polar surface area (TPSA) is 110 Å². The zero-order chi connectivity index (χ0) is 23.5. The van der Waals surface area contributed by atoms with Crippen molar-refractivity contribution in [3.63, 3.8) is 0 Å². The monoisotopic (exact) mass is 475 g/mol. The molecule has 0 bridgehead atoms. The highest BCUT2D eigenvalue weighted by Crippen LogP contribution is 2.30. The average molecular weight is 476 g/mol. The number of nitrogens with two attached hydrogens (primary N) is 1. The minimum Gasteiger partial charge on any atom is -0.497 e. The molecule has 34 heavy (non-hydrogen) atoms. The molecule has 3 heterocycles. The minimum atomic E-state index is -0.272. The molecule has 10 heteroatoms. The summed E-state index contributed by atoms with van der Waals surface area (Å²) in [6, 6.07) is 15.4. The van der Waals surface area contributed by atoms with Gasteiger partial charge in [-0.3, -0.25) is 4.79 Å². The van der Waals surface area contributed by atoms with Crippen LogP contribution in [0.1, 0.15) is 10.5 Å². The standard InChI is InChI=1S/C24H25N7O2S/c1-33-17-8-6-16(7-9-17)18-14-27-31(22(18)25)24-29-20(15-34-24)23(32)28-19-4-2-3-5-21(19)30-12-10-26-11-13-30/h2-9,14-15,26H,10-13,25H2,1H3,(H,28,32). The summed E-state index contributed by atoms with van der Waals surface area (Å²) in [7, 11) is 1.63. The molecule has 2 aromatic carbocycles. The molecule has 0 unspecified atom stereocenters. The van der Waals surface area contributed by atoms with Gasteiger partial charge in [-0.15, -0.1) is 11.3 Å². The van der Waals surface area contributed by atoms with Gasteiger partial charge in [0, 0.05) is 37.1 Å². The fourth-order valence-electron chi connectivity index (χ4n) is 3.92. The molecule has 0 saturated carbocycles. The van der Waals surface area contributed by atoms with Crippen LogP contribution in [0.15, 0.2) is 60.1 Å². The normalized spacial score (nSPS) is 13.6. The Labute approximate surface area is 201 Å². The quantitative estimate of drug-likeness (QED) is 0.393. The van der Waals surface area contributed by atoms with Crippen molar-refractivity contribution in [2.75, 3.05) is 49.2 Å². The number of rotatable bonds is 6. The summed E-state index contributed by atoms with van der Waals surface area (Å²) in [6.45, 7) is 3.62. The number of ether oxygens (including phenoxy) is 1. The van der Waals surface area contributed by atoms with Crippen molar-refractivity contribution in [2.45, 2.75) is 0 Å². The molecule has 9 nitrogen and oxygen atoms in total. The van der Waals surface area contributed by atoms with E-state index in [1.165, 1.54) is 11.3 Å². The summed E-state index contributed by atoms with van der Waals surface area (Å²) in [5.74, 6) is 0.950. The second-order valence-corrected chi connectivity index (χ2v) is 8.64. The highest BCUT2D eigenvalue weighted by atomic mass is 32.1. The summed E-state index contributed by atoms with van der Waals surface area (Å²) < 4.78 is 6.77. The summed E-state index contributed by atoms with van der Waals surface area (Å²) in [5.41, 5.74) is 10.2. The second kappa shape index (κ2) is 9.54. The van der Waals surface area contributed by atoms with Crippen molar-refractivity contribution in [3.8, 4) is 22.0 Å². The first-order chi connectivity index (χ1) is 16.6. The lowest BCUT2D eigenvalue weighted by Crippen LogP contribution is -2.43. The molecule has 2 aromatic heterocycles. The Morgan fingerprint density at radius 1 is 1.15 bits per heavy atom. The third kappa shape index (κ3) is 4.33. The Morgan fingerprint density at radius 2 is 1.91 bits per heavy atom. The Hall–Kier alpha value is -3.89. The van der Waals surface area contributed by atoms with E-state index in [1.54, 1.807) is 23.4 Å². The maximum Gasteiger partial charge on any atom is 0.275 e. The number of anilines is 3. The van der Waals surface area contributed by atoms with Crippen LogP contribution in [0.4, 0.5) is 17.2 Å². The van der Waals surface area contributed by atoms with Gasteiger partial charge in [-0.25, -0.2) is 4.98 Å². The Balaban J connectivity index is 1.35. The molecular weight excluding hydrogens is 450 g/mol. The third-order valence-corrected chi connectivity index (χ3v) is 6.54. The van der Waals surface area contributed by atoms with Crippen LogP contribution in [0.2, 0.25) is 0 Å². The highest BCUT2D eigenvalue weighted by Gasteiger charge is 2.19. The molecule has 4 N–H and O–H groups in total. The number of para-hydroxylation sites is 2. The van der Waals surface area contributed by atoms with Crippen LogP contribution < -0.4 is 26.0 Å². The van der Waals surface area contributed by atoms with Crippen molar-refractivity contribution in [1.82, 2.24) is 20.1 Å². The fourth-order valence-corrected chi connectivity index (χ4v) is 4.69. The maximum atomic E-state index is 13.0. The minimum absolute atomic E-state index is 0.272. The molecule has 0 radical (unpaired) electrons. The number of carbonyl (C=O) groups is 1. The summed E-state index contributed by atoms with van der Waals surface area (Å²) in [6.07, 6.45) is 1.70. The molecule has 1 saturated heterocycles. The molecule has 4 aromatic rings. The van der Waals surface area contributed by atoms with Crippen LogP contribution in [-0.4, -0.2) is 54.0 Å². The van der Waals surface area contributed by atoms with Gasteiger partial charge in [-0.05, 0) is 29.8 Å². The molecule has 0 spiro atoms. The molecule has 0 atom stereocenters. The summed E-state index contributed by atoms with van der Waals surface area (Å²) >= 11 is 1.31. The smallest absolute Gasteiger partial charge is 0.275 e. The number of nitrogens with zero attached hydrogens (tertiary/aromatic N) is 4. The van der Waals surface area contributed by atoms with Crippen LogP contribution >= 0.6 is 11.3 Å². The zero-order valence-electron chi connectivity index (χ0n) is 18.7. The van der Waals surface area contributed by atoms with Crippen molar-refractivity contribution < 1.29 is 9.53 Å². The Bertz CT molecular complexity index is 1290. The third-order valence-electron chi connectivity index (χ3n) is 5.72. The van der Waals surface area contributed by atoms with Crippen molar-refractivity contribution in [1.29, 1.82) is 0 Å². The van der Waals surface area contributed by atoms with Crippen LogP contribution in [0.5, 0.6) is 5.75 Å². The van der Waals surface area contributed by atoms with Gasteiger partial charge in [0.2, 0.25) is 5.13 Å². The number of nitrogens with one attached hydrogen (secondary N) is 2. The van der Waals surface area contributed by atoms with Gasteiger partial charge in [0.25, 0.3) is 5.91 Å². The van der Waals surface area contributed by atoms with Gasteiger partial charge in [-0.2, -0.15) is 9.78 Å². The maximum absolute atomic E-state index is 13.0. The highest BCUT2D eigenvalue weighted by molar-refractivity contribution is 7.12. The van der Waals surface area contributed by atoms with Crippen LogP contribution in [0.25, 0.3) is 16.3 Å². The largest absolute Gasteiger partial charge is 0.497 e. The average Bonchev–Trinajstić information content (AvgIpc) is 3.52. The van der Waals surface area contributed by atoms with Crippen molar-refractivity contribution in [3.05, 3.63) is 65.8 Å². The molecule has 1 aliphatic rings. The molecular formula is C24H25N7O2S. The molecule has 1 amide bonds. The van der Waals surface area contributed by atoms with E-state index in [4.69, 9.17) is 10.5 Å². The first-order valence-electron chi connectivity index (χ1n) is 10.9. The lowest BCUT2D eigenvalue weighted by Gasteiger charge is -2.31. The second-order valence-electron chi connectivity index (χ2n) is 7.81. The Morgan fingerprint density at radius 3 is 2.68 bits per heavy atom. The SMILES string of the molecule is COc1ccc(-c2cnn(-c3nc(C(=O)Nc4ccccc4N4CCNCC4)cs3)c2N)cc1. The number of carbonyl (C=O) groups excluding carboxylic acids is 1. The van der Waals surface area contributed by atoms with Crippen LogP contribution in [0.3, 0.4) is 0 Å².